The zero-order chi connectivity index (χ0) is 13.0. The number of aliphatic hydroxyl groups excluding tert-OH is 1. The molecular weight excluding hydrogens is 316 g/mol. The molecule has 0 aromatic heterocycles. The van der Waals surface area contributed by atoms with Crippen molar-refractivity contribution in [2.24, 2.45) is 0 Å². The van der Waals surface area contributed by atoms with E-state index in [1.54, 1.807) is 0 Å². The Labute approximate surface area is 119 Å². The molecule has 0 fully saturated rings. The summed E-state index contributed by atoms with van der Waals surface area (Å²) in [5.74, 6) is 0.653. The first-order chi connectivity index (χ1) is 8.72. The Kier molecular flexibility index (Phi) is 4.64. The molecular formula is C14H12BrClO2. The van der Waals surface area contributed by atoms with Gasteiger partial charge in [-0.1, -0.05) is 41.9 Å². The number of benzene rings is 2. The lowest BCUT2D eigenvalue weighted by Gasteiger charge is -2.12. The van der Waals surface area contributed by atoms with Gasteiger partial charge in [-0.2, -0.15) is 0 Å². The molecule has 0 aliphatic carbocycles. The number of halogens is 2. The standard InChI is InChI=1S/C14H12BrClO2/c15-12-6-3-5-10(8-17)14(12)18-9-11-4-1-2-7-13(11)16/h1-7,17H,8-9H2. The Morgan fingerprint density at radius 2 is 1.78 bits per heavy atom. The minimum atomic E-state index is -0.0582. The van der Waals surface area contributed by atoms with E-state index < -0.39 is 0 Å². The van der Waals surface area contributed by atoms with Gasteiger partial charge in [0.1, 0.15) is 12.4 Å². The molecule has 94 valence electrons. The molecule has 0 atom stereocenters. The van der Waals surface area contributed by atoms with Crippen LogP contribution < -0.4 is 4.74 Å². The van der Waals surface area contributed by atoms with Gasteiger partial charge in [-0.05, 0) is 28.1 Å². The Morgan fingerprint density at radius 3 is 2.50 bits per heavy atom. The number of para-hydroxylation sites is 1. The maximum atomic E-state index is 9.27. The fraction of sp³-hybridized carbons (Fsp3) is 0.143. The molecule has 0 spiro atoms. The van der Waals surface area contributed by atoms with Gasteiger partial charge in [-0.15, -0.1) is 0 Å². The minimum Gasteiger partial charge on any atom is -0.487 e. The summed E-state index contributed by atoms with van der Waals surface area (Å²) < 4.78 is 6.55. The van der Waals surface area contributed by atoms with Gasteiger partial charge in [0.05, 0.1) is 11.1 Å². The van der Waals surface area contributed by atoms with Crippen molar-refractivity contribution in [3.63, 3.8) is 0 Å². The van der Waals surface area contributed by atoms with Crippen LogP contribution in [-0.2, 0) is 13.2 Å². The van der Waals surface area contributed by atoms with Crippen LogP contribution in [-0.4, -0.2) is 5.11 Å². The highest BCUT2D eigenvalue weighted by Crippen LogP contribution is 2.30. The van der Waals surface area contributed by atoms with Crippen molar-refractivity contribution < 1.29 is 9.84 Å². The Bertz CT molecular complexity index is 543. The third kappa shape index (κ3) is 3.05. The maximum Gasteiger partial charge on any atom is 0.139 e. The quantitative estimate of drug-likeness (QED) is 0.913. The summed E-state index contributed by atoms with van der Waals surface area (Å²) in [7, 11) is 0. The summed E-state index contributed by atoms with van der Waals surface area (Å²) in [6.45, 7) is 0.312. The van der Waals surface area contributed by atoms with E-state index in [0.717, 1.165) is 15.6 Å². The molecule has 0 unspecified atom stereocenters. The largest absolute Gasteiger partial charge is 0.487 e. The molecule has 0 amide bonds. The maximum absolute atomic E-state index is 9.27. The van der Waals surface area contributed by atoms with Crippen molar-refractivity contribution in [3.8, 4) is 5.75 Å². The lowest BCUT2D eigenvalue weighted by atomic mass is 10.2. The normalized spacial score (nSPS) is 10.4. The van der Waals surface area contributed by atoms with Gasteiger partial charge >= 0.3 is 0 Å². The van der Waals surface area contributed by atoms with Crippen molar-refractivity contribution in [2.75, 3.05) is 0 Å². The highest BCUT2D eigenvalue weighted by atomic mass is 79.9. The second-order valence-corrected chi connectivity index (χ2v) is 5.03. The van der Waals surface area contributed by atoms with Crippen molar-refractivity contribution in [2.45, 2.75) is 13.2 Å². The fourth-order valence-electron chi connectivity index (χ4n) is 1.61. The van der Waals surface area contributed by atoms with Crippen LogP contribution in [0.25, 0.3) is 0 Å². The van der Waals surface area contributed by atoms with Crippen LogP contribution in [0.3, 0.4) is 0 Å². The highest BCUT2D eigenvalue weighted by molar-refractivity contribution is 9.10. The van der Waals surface area contributed by atoms with Gasteiger partial charge < -0.3 is 9.84 Å². The Balaban J connectivity index is 2.18. The molecule has 1 N–H and O–H groups in total. The lowest BCUT2D eigenvalue weighted by molar-refractivity contribution is 0.258. The Morgan fingerprint density at radius 1 is 1.06 bits per heavy atom. The van der Waals surface area contributed by atoms with Gasteiger partial charge in [0, 0.05) is 16.1 Å². The first kappa shape index (κ1) is 13.4. The minimum absolute atomic E-state index is 0.0582. The molecule has 2 aromatic carbocycles. The SMILES string of the molecule is OCc1cccc(Br)c1OCc1ccccc1Cl. The monoisotopic (exact) mass is 326 g/mol. The Hall–Kier alpha value is -1.03. The first-order valence-electron chi connectivity index (χ1n) is 5.47. The van der Waals surface area contributed by atoms with E-state index >= 15 is 0 Å². The molecule has 0 aliphatic rings. The smallest absolute Gasteiger partial charge is 0.139 e. The topological polar surface area (TPSA) is 29.5 Å². The predicted octanol–water partition coefficient (Wildman–Crippen LogP) is 4.17. The second kappa shape index (κ2) is 6.23. The molecule has 2 nitrogen and oxygen atoms in total. The third-order valence-electron chi connectivity index (χ3n) is 2.55. The summed E-state index contributed by atoms with van der Waals surface area (Å²) in [6.07, 6.45) is 0. The molecule has 0 heterocycles. The van der Waals surface area contributed by atoms with Crippen LogP contribution in [0.4, 0.5) is 0 Å². The van der Waals surface area contributed by atoms with Gasteiger partial charge in [0.2, 0.25) is 0 Å². The molecule has 0 radical (unpaired) electrons. The van der Waals surface area contributed by atoms with E-state index in [0.29, 0.717) is 17.4 Å². The van der Waals surface area contributed by atoms with E-state index in [4.69, 9.17) is 16.3 Å². The zero-order valence-corrected chi connectivity index (χ0v) is 11.9. The highest BCUT2D eigenvalue weighted by Gasteiger charge is 2.08. The van der Waals surface area contributed by atoms with Crippen molar-refractivity contribution >= 4 is 27.5 Å². The van der Waals surface area contributed by atoms with E-state index in [9.17, 15) is 5.11 Å². The van der Waals surface area contributed by atoms with E-state index in [-0.39, 0.29) is 6.61 Å². The van der Waals surface area contributed by atoms with Crippen LogP contribution in [0.1, 0.15) is 11.1 Å². The van der Waals surface area contributed by atoms with Crippen LogP contribution in [0, 0.1) is 0 Å². The van der Waals surface area contributed by atoms with Gasteiger partial charge in [-0.25, -0.2) is 0 Å². The molecule has 0 aliphatic heterocycles. The number of hydrogen-bond acceptors (Lipinski definition) is 2. The molecule has 18 heavy (non-hydrogen) atoms. The molecule has 4 heteroatoms. The van der Waals surface area contributed by atoms with Gasteiger partial charge in [-0.3, -0.25) is 0 Å². The lowest BCUT2D eigenvalue weighted by Crippen LogP contribution is -2.00. The van der Waals surface area contributed by atoms with Crippen LogP contribution in [0.2, 0.25) is 5.02 Å². The number of hydrogen-bond donors (Lipinski definition) is 1. The summed E-state index contributed by atoms with van der Waals surface area (Å²) in [5.41, 5.74) is 1.66. The average molecular weight is 328 g/mol. The number of aliphatic hydroxyl groups is 1. The van der Waals surface area contributed by atoms with E-state index in [1.807, 2.05) is 42.5 Å². The van der Waals surface area contributed by atoms with Crippen LogP contribution in [0.5, 0.6) is 5.75 Å². The fourth-order valence-corrected chi connectivity index (χ4v) is 2.32. The van der Waals surface area contributed by atoms with Crippen LogP contribution >= 0.6 is 27.5 Å². The average Bonchev–Trinajstić information content (AvgIpc) is 2.39. The third-order valence-corrected chi connectivity index (χ3v) is 3.54. The summed E-state index contributed by atoms with van der Waals surface area (Å²) >= 11 is 9.47. The first-order valence-corrected chi connectivity index (χ1v) is 6.64. The molecule has 2 rings (SSSR count). The molecule has 0 bridgehead atoms. The zero-order valence-electron chi connectivity index (χ0n) is 9.57. The summed E-state index contributed by atoms with van der Waals surface area (Å²) in [6, 6.07) is 13.1. The molecule has 0 saturated carbocycles. The van der Waals surface area contributed by atoms with Crippen LogP contribution in [0.15, 0.2) is 46.9 Å². The summed E-state index contributed by atoms with van der Waals surface area (Å²) in [5, 5.41) is 9.94. The summed E-state index contributed by atoms with van der Waals surface area (Å²) in [4.78, 5) is 0. The van der Waals surface area contributed by atoms with Gasteiger partial charge in [0.25, 0.3) is 0 Å². The second-order valence-electron chi connectivity index (χ2n) is 3.77. The van der Waals surface area contributed by atoms with E-state index in [1.165, 1.54) is 0 Å². The number of rotatable bonds is 4. The van der Waals surface area contributed by atoms with Crippen molar-refractivity contribution in [1.29, 1.82) is 0 Å². The molecule has 2 aromatic rings. The van der Waals surface area contributed by atoms with E-state index in [2.05, 4.69) is 15.9 Å². The van der Waals surface area contributed by atoms with Crippen molar-refractivity contribution in [1.82, 2.24) is 0 Å². The van der Waals surface area contributed by atoms with Gasteiger partial charge in [0.15, 0.2) is 0 Å². The number of ether oxygens (including phenoxy) is 1. The van der Waals surface area contributed by atoms with Crippen molar-refractivity contribution in [3.05, 3.63) is 63.1 Å². The predicted molar refractivity (Wildman–Crippen MR) is 75.8 cm³/mol. The molecule has 0 saturated heterocycles.